The third-order valence-corrected chi connectivity index (χ3v) is 4.12. The van der Waals surface area contributed by atoms with Gasteiger partial charge in [0.25, 0.3) is 0 Å². The number of ketones is 1. The fourth-order valence-electron chi connectivity index (χ4n) is 1.42. The zero-order chi connectivity index (χ0) is 12.4. The first-order valence-electron chi connectivity index (χ1n) is 4.74. The molecule has 1 aromatic carbocycles. The van der Waals surface area contributed by atoms with E-state index in [0.717, 1.165) is 4.47 Å². The summed E-state index contributed by atoms with van der Waals surface area (Å²) < 4.78 is 6.06. The highest BCUT2D eigenvalue weighted by Gasteiger charge is 2.16. The minimum atomic E-state index is -0.0833. The second kappa shape index (κ2) is 5.21. The second-order valence-electron chi connectivity index (χ2n) is 3.30. The molecule has 2 rings (SSSR count). The van der Waals surface area contributed by atoms with Crippen LogP contribution >= 0.6 is 38.9 Å². The largest absolute Gasteiger partial charge is 0.496 e. The Hall–Kier alpha value is -0.840. The molecule has 2 nitrogen and oxygen atoms in total. The van der Waals surface area contributed by atoms with E-state index in [9.17, 15) is 4.79 Å². The zero-order valence-corrected chi connectivity index (χ0v) is 12.0. The van der Waals surface area contributed by atoms with Crippen LogP contribution in [-0.4, -0.2) is 12.9 Å². The van der Waals surface area contributed by atoms with E-state index in [0.29, 0.717) is 21.2 Å². The maximum absolute atomic E-state index is 12.2. The summed E-state index contributed by atoms with van der Waals surface area (Å²) in [7, 11) is 1.53. The number of rotatable bonds is 3. The molecule has 0 radical (unpaired) electrons. The van der Waals surface area contributed by atoms with Crippen molar-refractivity contribution in [3.63, 3.8) is 0 Å². The SMILES string of the molecule is COc1ccc(Cl)cc1C(=O)c1cc(Br)cs1. The molecule has 0 fully saturated rings. The summed E-state index contributed by atoms with van der Waals surface area (Å²) in [6.45, 7) is 0. The van der Waals surface area contributed by atoms with Crippen molar-refractivity contribution in [2.75, 3.05) is 7.11 Å². The number of thiophene rings is 1. The molecule has 88 valence electrons. The highest BCUT2D eigenvalue weighted by Crippen LogP contribution is 2.28. The molecule has 1 aromatic heterocycles. The average Bonchev–Trinajstić information content (AvgIpc) is 2.75. The lowest BCUT2D eigenvalue weighted by Gasteiger charge is -2.06. The quantitative estimate of drug-likeness (QED) is 0.779. The van der Waals surface area contributed by atoms with E-state index < -0.39 is 0 Å². The first-order chi connectivity index (χ1) is 8.11. The maximum Gasteiger partial charge on any atom is 0.206 e. The van der Waals surface area contributed by atoms with Gasteiger partial charge in [0.1, 0.15) is 5.75 Å². The first kappa shape index (κ1) is 12.6. The Morgan fingerprint density at radius 2 is 2.18 bits per heavy atom. The molecule has 0 bridgehead atoms. The monoisotopic (exact) mass is 330 g/mol. The van der Waals surface area contributed by atoms with Gasteiger partial charge in [-0.2, -0.15) is 0 Å². The van der Waals surface area contributed by atoms with E-state index in [-0.39, 0.29) is 5.78 Å². The number of methoxy groups -OCH3 is 1. The Morgan fingerprint density at radius 1 is 1.41 bits per heavy atom. The second-order valence-corrected chi connectivity index (χ2v) is 5.57. The van der Waals surface area contributed by atoms with Crippen LogP contribution in [0, 0.1) is 0 Å². The minimum Gasteiger partial charge on any atom is -0.496 e. The smallest absolute Gasteiger partial charge is 0.206 e. The van der Waals surface area contributed by atoms with Crippen molar-refractivity contribution in [1.29, 1.82) is 0 Å². The van der Waals surface area contributed by atoms with Crippen LogP contribution in [0.15, 0.2) is 34.1 Å². The van der Waals surface area contributed by atoms with Crippen molar-refractivity contribution in [3.8, 4) is 5.75 Å². The number of carbonyl (C=O) groups is 1. The lowest BCUT2D eigenvalue weighted by Crippen LogP contribution is -2.01. The lowest BCUT2D eigenvalue weighted by atomic mass is 10.1. The normalized spacial score (nSPS) is 10.3. The molecule has 17 heavy (non-hydrogen) atoms. The van der Waals surface area contributed by atoms with Gasteiger partial charge in [-0.15, -0.1) is 11.3 Å². The van der Waals surface area contributed by atoms with Crippen molar-refractivity contribution in [3.05, 3.63) is 49.6 Å². The van der Waals surface area contributed by atoms with E-state index in [1.165, 1.54) is 18.4 Å². The lowest BCUT2D eigenvalue weighted by molar-refractivity contribution is 0.103. The average molecular weight is 332 g/mol. The summed E-state index contributed by atoms with van der Waals surface area (Å²) in [5, 5.41) is 2.38. The van der Waals surface area contributed by atoms with Crippen LogP contribution in [0.3, 0.4) is 0 Å². The summed E-state index contributed by atoms with van der Waals surface area (Å²) >= 11 is 10.6. The molecule has 0 aliphatic rings. The van der Waals surface area contributed by atoms with Gasteiger partial charge in [-0.3, -0.25) is 4.79 Å². The third kappa shape index (κ3) is 2.70. The first-order valence-corrected chi connectivity index (χ1v) is 6.79. The number of hydrogen-bond acceptors (Lipinski definition) is 3. The van der Waals surface area contributed by atoms with Crippen LogP contribution in [-0.2, 0) is 0 Å². The number of halogens is 2. The summed E-state index contributed by atoms with van der Waals surface area (Å²) in [5.41, 5.74) is 0.481. The summed E-state index contributed by atoms with van der Waals surface area (Å²) in [6, 6.07) is 6.80. The Bertz CT molecular complexity index is 565. The number of hydrogen-bond donors (Lipinski definition) is 0. The molecule has 0 atom stereocenters. The minimum absolute atomic E-state index is 0.0833. The van der Waals surface area contributed by atoms with E-state index >= 15 is 0 Å². The van der Waals surface area contributed by atoms with Crippen molar-refractivity contribution in [2.45, 2.75) is 0 Å². The van der Waals surface area contributed by atoms with Crippen LogP contribution in [0.25, 0.3) is 0 Å². The van der Waals surface area contributed by atoms with E-state index in [1.54, 1.807) is 24.3 Å². The molecule has 0 amide bonds. The fourth-order valence-corrected chi connectivity index (χ4v) is 2.98. The van der Waals surface area contributed by atoms with Crippen LogP contribution in [0.1, 0.15) is 15.2 Å². The van der Waals surface area contributed by atoms with Gasteiger partial charge in [-0.05, 0) is 40.2 Å². The van der Waals surface area contributed by atoms with Crippen molar-refractivity contribution >= 4 is 44.7 Å². The number of carbonyl (C=O) groups excluding carboxylic acids is 1. The molecule has 5 heteroatoms. The summed E-state index contributed by atoms with van der Waals surface area (Å²) in [4.78, 5) is 12.9. The molecule has 0 aliphatic heterocycles. The fraction of sp³-hybridized carbons (Fsp3) is 0.0833. The van der Waals surface area contributed by atoms with E-state index in [4.69, 9.17) is 16.3 Å². The number of ether oxygens (including phenoxy) is 1. The predicted octanol–water partition coefficient (Wildman–Crippen LogP) is 4.40. The molecule has 1 heterocycles. The van der Waals surface area contributed by atoms with Gasteiger partial charge in [0.15, 0.2) is 0 Å². The zero-order valence-electron chi connectivity index (χ0n) is 8.87. The van der Waals surface area contributed by atoms with Gasteiger partial charge in [-0.1, -0.05) is 11.6 Å². The molecule has 2 aromatic rings. The number of benzene rings is 1. The van der Waals surface area contributed by atoms with Crippen LogP contribution in [0.4, 0.5) is 0 Å². The van der Waals surface area contributed by atoms with Crippen LogP contribution < -0.4 is 4.74 Å². The molecule has 0 unspecified atom stereocenters. The van der Waals surface area contributed by atoms with Gasteiger partial charge in [0.05, 0.1) is 17.6 Å². The van der Waals surface area contributed by atoms with Crippen molar-refractivity contribution in [2.24, 2.45) is 0 Å². The van der Waals surface area contributed by atoms with Crippen molar-refractivity contribution in [1.82, 2.24) is 0 Å². The Labute approximate surface area is 116 Å². The van der Waals surface area contributed by atoms with Gasteiger partial charge in [0.2, 0.25) is 5.78 Å². The van der Waals surface area contributed by atoms with Gasteiger partial charge < -0.3 is 4.74 Å². The predicted molar refractivity (Wildman–Crippen MR) is 73.5 cm³/mol. The molecule has 0 saturated carbocycles. The Kier molecular flexibility index (Phi) is 3.86. The molecular formula is C12H8BrClO2S. The summed E-state index contributed by atoms with van der Waals surface area (Å²) in [5.74, 6) is 0.448. The Balaban J connectivity index is 2.46. The molecular weight excluding hydrogens is 324 g/mol. The molecule has 0 aliphatic carbocycles. The molecule has 0 saturated heterocycles. The highest BCUT2D eigenvalue weighted by atomic mass is 79.9. The van der Waals surface area contributed by atoms with Crippen LogP contribution in [0.5, 0.6) is 5.75 Å². The van der Waals surface area contributed by atoms with E-state index in [1.807, 2.05) is 5.38 Å². The topological polar surface area (TPSA) is 26.3 Å². The van der Waals surface area contributed by atoms with Crippen molar-refractivity contribution < 1.29 is 9.53 Å². The summed E-state index contributed by atoms with van der Waals surface area (Å²) in [6.07, 6.45) is 0. The Morgan fingerprint density at radius 3 is 2.76 bits per heavy atom. The van der Waals surface area contributed by atoms with E-state index in [2.05, 4.69) is 15.9 Å². The van der Waals surface area contributed by atoms with Gasteiger partial charge >= 0.3 is 0 Å². The molecule has 0 N–H and O–H groups in total. The van der Waals surface area contributed by atoms with Gasteiger partial charge in [0, 0.05) is 14.9 Å². The van der Waals surface area contributed by atoms with Crippen LogP contribution in [0.2, 0.25) is 5.02 Å². The molecule has 0 spiro atoms. The van der Waals surface area contributed by atoms with Gasteiger partial charge in [-0.25, -0.2) is 0 Å². The third-order valence-electron chi connectivity index (χ3n) is 2.20. The highest BCUT2D eigenvalue weighted by molar-refractivity contribution is 9.10. The maximum atomic E-state index is 12.2. The standard InChI is InChI=1S/C12H8BrClO2S/c1-16-10-3-2-8(14)5-9(10)12(15)11-4-7(13)6-17-11/h2-6H,1H3.